The van der Waals surface area contributed by atoms with Gasteiger partial charge >= 0.3 is 0 Å². The van der Waals surface area contributed by atoms with E-state index < -0.39 is 17.8 Å². The van der Waals surface area contributed by atoms with E-state index in [0.717, 1.165) is 5.56 Å². The lowest BCUT2D eigenvalue weighted by atomic mass is 10.2. The van der Waals surface area contributed by atoms with Crippen molar-refractivity contribution < 1.29 is 14.0 Å². The molecular weight excluding hydrogens is 465 g/mol. The molecule has 33 heavy (non-hydrogen) atoms. The monoisotopic (exact) mass is 487 g/mol. The molecule has 172 valence electrons. The van der Waals surface area contributed by atoms with Crippen LogP contribution < -0.4 is 10.6 Å². The number of allylic oxidation sites excluding steroid dienone is 1. The van der Waals surface area contributed by atoms with Gasteiger partial charge in [0.1, 0.15) is 5.82 Å². The zero-order chi connectivity index (χ0) is 24.0. The third-order valence-corrected chi connectivity index (χ3v) is 5.91. The molecule has 3 aromatic rings. The van der Waals surface area contributed by atoms with E-state index in [9.17, 15) is 14.0 Å². The smallest absolute Gasteiger partial charge is 0.254 e. The first-order valence-electron chi connectivity index (χ1n) is 10.1. The molecule has 0 saturated heterocycles. The van der Waals surface area contributed by atoms with Gasteiger partial charge in [-0.15, -0.1) is 16.8 Å². The fourth-order valence-electron chi connectivity index (χ4n) is 3.10. The second-order valence-corrected chi connectivity index (χ2v) is 8.59. The van der Waals surface area contributed by atoms with E-state index >= 15 is 0 Å². The summed E-state index contributed by atoms with van der Waals surface area (Å²) >= 11 is 7.17. The molecule has 1 heterocycles. The predicted octanol–water partition coefficient (Wildman–Crippen LogP) is 4.79. The van der Waals surface area contributed by atoms with Crippen molar-refractivity contribution in [1.82, 2.24) is 20.1 Å². The van der Waals surface area contributed by atoms with Crippen LogP contribution in [0.2, 0.25) is 5.02 Å². The largest absolute Gasteiger partial charge is 0.342 e. The molecule has 0 spiro atoms. The molecule has 2 aromatic carbocycles. The van der Waals surface area contributed by atoms with Gasteiger partial charge in [0, 0.05) is 17.3 Å². The molecule has 10 heteroatoms. The number of nitrogens with zero attached hydrogens (tertiary/aromatic N) is 3. The number of carbonyl (C=O) groups excluding carboxylic acids is 2. The van der Waals surface area contributed by atoms with E-state index in [1.807, 2.05) is 6.92 Å². The normalized spacial score (nSPS) is 11.6. The van der Waals surface area contributed by atoms with Crippen LogP contribution in [0.25, 0.3) is 0 Å². The molecule has 0 radical (unpaired) electrons. The first-order chi connectivity index (χ1) is 15.8. The van der Waals surface area contributed by atoms with Crippen molar-refractivity contribution in [2.24, 2.45) is 0 Å². The van der Waals surface area contributed by atoms with Crippen molar-refractivity contribution in [2.45, 2.75) is 31.6 Å². The Morgan fingerprint density at radius 1 is 1.27 bits per heavy atom. The number of aromatic nitrogens is 3. The van der Waals surface area contributed by atoms with Gasteiger partial charge in [-0.2, -0.15) is 0 Å². The van der Waals surface area contributed by atoms with Crippen LogP contribution in [-0.4, -0.2) is 32.3 Å². The number of amides is 2. The van der Waals surface area contributed by atoms with Crippen LogP contribution in [0.4, 0.5) is 10.1 Å². The Balaban J connectivity index is 1.68. The number of carbonyl (C=O) groups is 2. The second kappa shape index (κ2) is 11.1. The molecule has 2 amide bonds. The molecular formula is C23H23ClFN5O2S. The number of anilines is 1. The zero-order valence-corrected chi connectivity index (χ0v) is 19.7. The highest BCUT2D eigenvalue weighted by Crippen LogP contribution is 2.23. The van der Waals surface area contributed by atoms with Crippen LogP contribution in [0.5, 0.6) is 0 Å². The number of hydrogen-bond acceptors (Lipinski definition) is 5. The number of thioether (sulfide) groups is 1. The fraction of sp³-hybridized carbons (Fsp3) is 0.217. The quantitative estimate of drug-likeness (QED) is 0.335. The van der Waals surface area contributed by atoms with Crippen molar-refractivity contribution in [1.29, 1.82) is 0 Å². The van der Waals surface area contributed by atoms with Crippen LogP contribution in [0.15, 0.2) is 60.3 Å². The van der Waals surface area contributed by atoms with E-state index in [-0.39, 0.29) is 17.2 Å². The van der Waals surface area contributed by atoms with Gasteiger partial charge < -0.3 is 15.2 Å². The SMILES string of the molecule is C=CCn1c(SCC(=O)Nc2ccc(Cl)cc2C)nnc1[C@@H](C)NC(=O)c1ccccc1F. The van der Waals surface area contributed by atoms with Gasteiger partial charge in [-0.25, -0.2) is 4.39 Å². The number of aryl methyl sites for hydroxylation is 1. The molecule has 1 aromatic heterocycles. The third-order valence-electron chi connectivity index (χ3n) is 4.71. The maximum Gasteiger partial charge on any atom is 0.254 e. The molecule has 7 nitrogen and oxygen atoms in total. The first kappa shape index (κ1) is 24.5. The van der Waals surface area contributed by atoms with Crippen LogP contribution in [-0.2, 0) is 11.3 Å². The van der Waals surface area contributed by atoms with E-state index in [1.165, 1.54) is 30.0 Å². The molecule has 0 fully saturated rings. The van der Waals surface area contributed by atoms with Gasteiger partial charge in [0.15, 0.2) is 11.0 Å². The van der Waals surface area contributed by atoms with Gasteiger partial charge in [-0.1, -0.05) is 41.6 Å². The highest BCUT2D eigenvalue weighted by atomic mass is 35.5. The van der Waals surface area contributed by atoms with Crippen LogP contribution in [0.3, 0.4) is 0 Å². The second-order valence-electron chi connectivity index (χ2n) is 7.21. The van der Waals surface area contributed by atoms with Crippen LogP contribution in [0.1, 0.15) is 34.7 Å². The highest BCUT2D eigenvalue weighted by molar-refractivity contribution is 7.99. The van der Waals surface area contributed by atoms with Gasteiger partial charge in [-0.3, -0.25) is 9.59 Å². The van der Waals surface area contributed by atoms with Gasteiger partial charge in [0.05, 0.1) is 17.4 Å². The Morgan fingerprint density at radius 2 is 2.03 bits per heavy atom. The molecule has 0 bridgehead atoms. The lowest BCUT2D eigenvalue weighted by Crippen LogP contribution is -2.29. The van der Waals surface area contributed by atoms with Crippen LogP contribution in [0, 0.1) is 12.7 Å². The molecule has 0 aliphatic heterocycles. The number of nitrogens with one attached hydrogen (secondary N) is 2. The topological polar surface area (TPSA) is 88.9 Å². The lowest BCUT2D eigenvalue weighted by Gasteiger charge is -2.15. The average Bonchev–Trinajstić information content (AvgIpc) is 3.17. The molecule has 0 aliphatic rings. The Labute approximate surface area is 200 Å². The van der Waals surface area contributed by atoms with E-state index in [0.29, 0.717) is 28.2 Å². The minimum atomic E-state index is -0.604. The summed E-state index contributed by atoms with van der Waals surface area (Å²) in [7, 11) is 0. The summed E-state index contributed by atoms with van der Waals surface area (Å²) in [5.74, 6) is -0.793. The highest BCUT2D eigenvalue weighted by Gasteiger charge is 2.21. The first-order valence-corrected chi connectivity index (χ1v) is 11.4. The number of rotatable bonds is 9. The maximum atomic E-state index is 13.9. The van der Waals surface area contributed by atoms with Crippen molar-refractivity contribution in [3.05, 3.63) is 82.9 Å². The summed E-state index contributed by atoms with van der Waals surface area (Å²) in [6.07, 6.45) is 1.67. The summed E-state index contributed by atoms with van der Waals surface area (Å²) < 4.78 is 15.7. The fourth-order valence-corrected chi connectivity index (χ4v) is 4.08. The minimum Gasteiger partial charge on any atom is -0.342 e. The molecule has 3 rings (SSSR count). The molecule has 2 N–H and O–H groups in total. The molecule has 1 atom stereocenters. The van der Waals surface area contributed by atoms with Gasteiger partial charge in [-0.05, 0) is 49.7 Å². The summed E-state index contributed by atoms with van der Waals surface area (Å²) in [6.45, 7) is 7.72. The molecule has 0 aliphatic carbocycles. The lowest BCUT2D eigenvalue weighted by molar-refractivity contribution is -0.113. The van der Waals surface area contributed by atoms with Crippen molar-refractivity contribution >= 4 is 40.9 Å². The Morgan fingerprint density at radius 3 is 2.73 bits per heavy atom. The number of halogens is 2. The number of hydrogen-bond donors (Lipinski definition) is 2. The average molecular weight is 488 g/mol. The maximum absolute atomic E-state index is 13.9. The van der Waals surface area contributed by atoms with Crippen molar-refractivity contribution in [2.75, 3.05) is 11.1 Å². The van der Waals surface area contributed by atoms with E-state index in [1.54, 1.807) is 41.8 Å². The summed E-state index contributed by atoms with van der Waals surface area (Å²) in [5.41, 5.74) is 1.49. The molecule has 0 saturated carbocycles. The van der Waals surface area contributed by atoms with Crippen LogP contribution >= 0.6 is 23.4 Å². The summed E-state index contributed by atoms with van der Waals surface area (Å²) in [6, 6.07) is 10.4. The van der Waals surface area contributed by atoms with Gasteiger partial charge in [0.2, 0.25) is 5.91 Å². The van der Waals surface area contributed by atoms with Crippen molar-refractivity contribution in [3.63, 3.8) is 0 Å². The Hall–Kier alpha value is -3.17. The Kier molecular flexibility index (Phi) is 8.24. The zero-order valence-electron chi connectivity index (χ0n) is 18.1. The molecule has 0 unspecified atom stereocenters. The van der Waals surface area contributed by atoms with E-state index in [2.05, 4.69) is 27.4 Å². The third kappa shape index (κ3) is 6.21. The summed E-state index contributed by atoms with van der Waals surface area (Å²) in [5, 5.41) is 15.0. The predicted molar refractivity (Wildman–Crippen MR) is 128 cm³/mol. The Bertz CT molecular complexity index is 1180. The van der Waals surface area contributed by atoms with E-state index in [4.69, 9.17) is 11.6 Å². The van der Waals surface area contributed by atoms with Crippen molar-refractivity contribution in [3.8, 4) is 0 Å². The summed E-state index contributed by atoms with van der Waals surface area (Å²) in [4.78, 5) is 24.9. The standard InChI is InChI=1S/C23H23ClFN5O2S/c1-4-11-30-21(15(3)26-22(32)17-7-5-6-8-18(17)25)28-29-23(30)33-13-20(31)27-19-10-9-16(24)12-14(19)2/h4-10,12,15H,1,11,13H2,2-3H3,(H,26,32)(H,27,31)/t15-/m1/s1. The minimum absolute atomic E-state index is 0.0529. The number of benzene rings is 2. The van der Waals surface area contributed by atoms with Gasteiger partial charge in [0.25, 0.3) is 5.91 Å².